The summed E-state index contributed by atoms with van der Waals surface area (Å²) in [6, 6.07) is 4.11. The van der Waals surface area contributed by atoms with Crippen LogP contribution in [0.3, 0.4) is 0 Å². The topological polar surface area (TPSA) is 54.1 Å². The highest BCUT2D eigenvalue weighted by atomic mass is 16.5. The minimum absolute atomic E-state index is 0.579. The van der Waals surface area contributed by atoms with Crippen molar-refractivity contribution in [3.8, 4) is 0 Å². The number of aryl methyl sites for hydroxylation is 4. The van der Waals surface area contributed by atoms with Crippen molar-refractivity contribution in [3.63, 3.8) is 0 Å². The SMILES string of the molecule is Cc1cc(COCCCCOCc2cc(C)n(C)n2)nn1C. The number of aromatic nitrogens is 4. The lowest BCUT2D eigenvalue weighted by atomic mass is 10.3. The molecule has 0 aliphatic heterocycles. The van der Waals surface area contributed by atoms with Crippen molar-refractivity contribution in [1.29, 1.82) is 0 Å². The summed E-state index contributed by atoms with van der Waals surface area (Å²) in [6.45, 7) is 6.71. The maximum absolute atomic E-state index is 5.62. The molecule has 2 aromatic rings. The summed E-state index contributed by atoms with van der Waals surface area (Å²) in [5.41, 5.74) is 4.28. The first kappa shape index (κ1) is 16.7. The maximum Gasteiger partial charge on any atom is 0.0906 e. The first-order valence-electron chi connectivity index (χ1n) is 7.71. The third-order valence-corrected chi connectivity index (χ3v) is 3.66. The average molecular weight is 306 g/mol. The monoisotopic (exact) mass is 306 g/mol. The highest BCUT2D eigenvalue weighted by molar-refractivity contribution is 5.07. The Morgan fingerprint density at radius 2 is 1.23 bits per heavy atom. The van der Waals surface area contributed by atoms with Crippen LogP contribution in [0.5, 0.6) is 0 Å². The van der Waals surface area contributed by atoms with Crippen LogP contribution in [0.25, 0.3) is 0 Å². The second kappa shape index (κ2) is 8.10. The van der Waals surface area contributed by atoms with Gasteiger partial charge in [0, 0.05) is 38.7 Å². The van der Waals surface area contributed by atoms with Gasteiger partial charge in [0.25, 0.3) is 0 Å². The normalized spacial score (nSPS) is 11.3. The molecule has 0 fully saturated rings. The number of nitrogens with zero attached hydrogens (tertiary/aromatic N) is 4. The fourth-order valence-electron chi connectivity index (χ4n) is 2.17. The molecule has 2 heterocycles. The molecule has 0 amide bonds. The lowest BCUT2D eigenvalue weighted by Crippen LogP contribution is -2.01. The van der Waals surface area contributed by atoms with Gasteiger partial charge < -0.3 is 9.47 Å². The lowest BCUT2D eigenvalue weighted by Gasteiger charge is -2.03. The molecule has 22 heavy (non-hydrogen) atoms. The van der Waals surface area contributed by atoms with E-state index in [1.165, 1.54) is 0 Å². The Balaban J connectivity index is 1.49. The number of rotatable bonds is 9. The zero-order valence-electron chi connectivity index (χ0n) is 14.0. The van der Waals surface area contributed by atoms with Crippen molar-refractivity contribution in [2.75, 3.05) is 13.2 Å². The highest BCUT2D eigenvalue weighted by Gasteiger charge is 2.02. The first-order valence-corrected chi connectivity index (χ1v) is 7.71. The van der Waals surface area contributed by atoms with E-state index >= 15 is 0 Å². The van der Waals surface area contributed by atoms with Crippen LogP contribution in [0.2, 0.25) is 0 Å². The quantitative estimate of drug-likeness (QED) is 0.667. The van der Waals surface area contributed by atoms with Crippen molar-refractivity contribution >= 4 is 0 Å². The standard InChI is InChI=1S/C16H26N4O2/c1-13-9-15(17-19(13)3)11-21-7-5-6-8-22-12-16-10-14(2)20(4)18-16/h9-10H,5-8,11-12H2,1-4H3. The molecule has 6 heteroatoms. The van der Waals surface area contributed by atoms with E-state index in [4.69, 9.17) is 9.47 Å². The Hall–Kier alpha value is -1.66. The van der Waals surface area contributed by atoms with E-state index < -0.39 is 0 Å². The van der Waals surface area contributed by atoms with Crippen LogP contribution in [0.1, 0.15) is 35.6 Å². The van der Waals surface area contributed by atoms with Crippen LogP contribution >= 0.6 is 0 Å². The van der Waals surface area contributed by atoms with Crippen LogP contribution in [-0.4, -0.2) is 32.8 Å². The minimum Gasteiger partial charge on any atom is -0.375 e. The van der Waals surface area contributed by atoms with Crippen molar-refractivity contribution in [3.05, 3.63) is 34.9 Å². The van der Waals surface area contributed by atoms with Gasteiger partial charge in [-0.15, -0.1) is 0 Å². The number of ether oxygens (including phenoxy) is 2. The van der Waals surface area contributed by atoms with E-state index in [9.17, 15) is 0 Å². The van der Waals surface area contributed by atoms with Gasteiger partial charge in [-0.2, -0.15) is 10.2 Å². The molecule has 0 saturated heterocycles. The summed E-state index contributed by atoms with van der Waals surface area (Å²) < 4.78 is 15.0. The Morgan fingerprint density at radius 1 is 0.818 bits per heavy atom. The van der Waals surface area contributed by atoms with Gasteiger partial charge in [-0.25, -0.2) is 0 Å². The molecule has 6 nitrogen and oxygen atoms in total. The smallest absolute Gasteiger partial charge is 0.0906 e. The Bertz CT molecular complexity index is 498. The second-order valence-corrected chi connectivity index (χ2v) is 5.61. The highest BCUT2D eigenvalue weighted by Crippen LogP contribution is 2.05. The second-order valence-electron chi connectivity index (χ2n) is 5.61. The van der Waals surface area contributed by atoms with E-state index in [0.29, 0.717) is 13.2 Å². The third kappa shape index (κ3) is 4.96. The summed E-state index contributed by atoms with van der Waals surface area (Å²) in [7, 11) is 3.89. The zero-order chi connectivity index (χ0) is 15.9. The van der Waals surface area contributed by atoms with Crippen LogP contribution < -0.4 is 0 Å². The zero-order valence-corrected chi connectivity index (χ0v) is 14.0. The summed E-state index contributed by atoms with van der Waals surface area (Å²) in [5.74, 6) is 0. The Labute approximate surface area is 132 Å². The molecular weight excluding hydrogens is 280 g/mol. The average Bonchev–Trinajstić information content (AvgIpc) is 2.96. The predicted molar refractivity (Wildman–Crippen MR) is 84.4 cm³/mol. The predicted octanol–water partition coefficient (Wildman–Crippen LogP) is 2.28. The summed E-state index contributed by atoms with van der Waals surface area (Å²) in [4.78, 5) is 0. The van der Waals surface area contributed by atoms with Gasteiger partial charge in [0.2, 0.25) is 0 Å². The molecule has 0 radical (unpaired) electrons. The van der Waals surface area contributed by atoms with E-state index in [-0.39, 0.29) is 0 Å². The van der Waals surface area contributed by atoms with E-state index in [1.54, 1.807) is 0 Å². The van der Waals surface area contributed by atoms with Crippen LogP contribution in [0.15, 0.2) is 12.1 Å². The first-order chi connectivity index (χ1) is 10.6. The van der Waals surface area contributed by atoms with Crippen LogP contribution in [0.4, 0.5) is 0 Å². The van der Waals surface area contributed by atoms with Crippen LogP contribution in [0, 0.1) is 13.8 Å². The summed E-state index contributed by atoms with van der Waals surface area (Å²) in [6.07, 6.45) is 1.99. The van der Waals surface area contributed by atoms with Gasteiger partial charge in [0.15, 0.2) is 0 Å². The van der Waals surface area contributed by atoms with Gasteiger partial charge >= 0.3 is 0 Å². The maximum atomic E-state index is 5.62. The van der Waals surface area contributed by atoms with Gasteiger partial charge in [-0.3, -0.25) is 9.36 Å². The van der Waals surface area contributed by atoms with Crippen molar-refractivity contribution in [1.82, 2.24) is 19.6 Å². The molecule has 122 valence electrons. The minimum atomic E-state index is 0.579. The van der Waals surface area contributed by atoms with Gasteiger partial charge in [0.1, 0.15) is 0 Å². The molecule has 0 aromatic carbocycles. The molecular formula is C16H26N4O2. The molecule has 0 spiro atoms. The van der Waals surface area contributed by atoms with Gasteiger partial charge in [-0.05, 0) is 38.8 Å². The number of hydrogen-bond acceptors (Lipinski definition) is 4. The molecule has 2 rings (SSSR count). The van der Waals surface area contributed by atoms with Crippen LogP contribution in [-0.2, 0) is 36.8 Å². The van der Waals surface area contributed by atoms with E-state index in [0.717, 1.165) is 48.8 Å². The molecule has 0 bridgehead atoms. The van der Waals surface area contributed by atoms with Gasteiger partial charge in [-0.1, -0.05) is 0 Å². The molecule has 0 saturated carbocycles. The van der Waals surface area contributed by atoms with Crippen molar-refractivity contribution < 1.29 is 9.47 Å². The summed E-state index contributed by atoms with van der Waals surface area (Å²) in [5, 5.41) is 8.72. The molecule has 0 aliphatic rings. The Morgan fingerprint density at radius 3 is 1.55 bits per heavy atom. The number of hydrogen-bond donors (Lipinski definition) is 0. The molecule has 0 aliphatic carbocycles. The third-order valence-electron chi connectivity index (χ3n) is 3.66. The molecule has 2 aromatic heterocycles. The van der Waals surface area contributed by atoms with Gasteiger partial charge in [0.05, 0.1) is 24.6 Å². The fourth-order valence-corrected chi connectivity index (χ4v) is 2.17. The molecule has 0 unspecified atom stereocenters. The van der Waals surface area contributed by atoms with Crippen molar-refractivity contribution in [2.45, 2.75) is 39.9 Å². The Kier molecular flexibility index (Phi) is 6.15. The van der Waals surface area contributed by atoms with Crippen molar-refractivity contribution in [2.24, 2.45) is 14.1 Å². The number of unbranched alkanes of at least 4 members (excludes halogenated alkanes) is 1. The van der Waals surface area contributed by atoms with E-state index in [2.05, 4.69) is 22.3 Å². The lowest BCUT2D eigenvalue weighted by molar-refractivity contribution is 0.0872. The largest absolute Gasteiger partial charge is 0.375 e. The van der Waals surface area contributed by atoms with E-state index in [1.807, 2.05) is 37.3 Å². The fraction of sp³-hybridized carbons (Fsp3) is 0.625. The summed E-state index contributed by atoms with van der Waals surface area (Å²) >= 11 is 0. The molecule has 0 atom stereocenters. The molecule has 0 N–H and O–H groups in total.